The lowest BCUT2D eigenvalue weighted by Crippen LogP contribution is -2.48. The first-order chi connectivity index (χ1) is 38.3. The lowest BCUT2D eigenvalue weighted by Gasteiger charge is -2.37. The van der Waals surface area contributed by atoms with Crippen LogP contribution < -0.4 is 38.7 Å². The summed E-state index contributed by atoms with van der Waals surface area (Å²) in [7, 11) is -2.23. The van der Waals surface area contributed by atoms with Crippen LogP contribution >= 0.6 is 0 Å². The molecule has 0 saturated carbocycles. The molecule has 0 aliphatic carbocycles. The van der Waals surface area contributed by atoms with E-state index in [1.165, 1.54) is 26.2 Å². The van der Waals surface area contributed by atoms with Gasteiger partial charge in [-0.15, -0.1) is 0 Å². The summed E-state index contributed by atoms with van der Waals surface area (Å²) in [5.74, 6) is 0.215. The molecule has 0 fully saturated rings. The van der Waals surface area contributed by atoms with Gasteiger partial charge in [0.15, 0.2) is 13.2 Å². The van der Waals surface area contributed by atoms with Crippen molar-refractivity contribution in [1.29, 1.82) is 0 Å². The summed E-state index contributed by atoms with van der Waals surface area (Å²) in [5.41, 5.74) is 3.85. The Morgan fingerprint density at radius 1 is 0.436 bits per heavy atom. The number of rotatable bonds is 16. The first-order valence-corrected chi connectivity index (χ1v) is 25.9. The Morgan fingerprint density at radius 3 is 1.09 bits per heavy atom. The van der Waals surface area contributed by atoms with Crippen LogP contribution in [0.15, 0.2) is 249 Å². The zero-order valence-electron chi connectivity index (χ0n) is 43.4. The molecule has 388 valence electrons. The van der Waals surface area contributed by atoms with E-state index in [1.807, 2.05) is 166 Å². The van der Waals surface area contributed by atoms with Gasteiger partial charge in [-0.3, -0.25) is 9.68 Å². The van der Waals surface area contributed by atoms with Crippen LogP contribution in [0.25, 0.3) is 43.1 Å². The van der Waals surface area contributed by atoms with E-state index in [9.17, 15) is 19.6 Å². The number of aromatic nitrogens is 2. The van der Waals surface area contributed by atoms with E-state index in [1.54, 1.807) is 48.8 Å². The summed E-state index contributed by atoms with van der Waals surface area (Å²) in [4.78, 5) is 36.7. The molecule has 0 aliphatic heterocycles. The van der Waals surface area contributed by atoms with Gasteiger partial charge in [0.25, 0.3) is 0 Å². The molecule has 0 amide bonds. The Bertz CT molecular complexity index is 3390. The lowest BCUT2D eigenvalue weighted by atomic mass is 9.67. The van der Waals surface area contributed by atoms with Gasteiger partial charge in [-0.05, 0) is 89.2 Å². The van der Waals surface area contributed by atoms with Crippen LogP contribution in [-0.2, 0) is 10.1 Å². The number of benzene rings is 9. The molecule has 2 aromatic heterocycles. The fourth-order valence-electron chi connectivity index (χ4n) is 9.75. The van der Waals surface area contributed by atoms with Crippen LogP contribution in [0.4, 0.5) is 0 Å². The molecule has 0 bridgehead atoms. The average molecular weight is 1030 g/mol. The first-order valence-electron chi connectivity index (χ1n) is 25.9. The van der Waals surface area contributed by atoms with Gasteiger partial charge in [-0.25, -0.2) is 9.59 Å². The molecule has 11 rings (SSSR count). The quantitative estimate of drug-likeness (QED) is 0.0176. The minimum absolute atomic E-state index is 0.159. The molecule has 0 N–H and O–H groups in total. The molecule has 0 spiro atoms. The van der Waals surface area contributed by atoms with Gasteiger partial charge in [0.1, 0.15) is 11.5 Å². The monoisotopic (exact) mass is 1030 g/mol. The largest absolute Gasteiger partial charge is 0.871 e. The van der Waals surface area contributed by atoms with Crippen molar-refractivity contribution in [3.8, 4) is 11.5 Å². The highest BCUT2D eigenvalue weighted by molar-refractivity contribution is 6.28. The van der Waals surface area contributed by atoms with Crippen molar-refractivity contribution >= 4 is 62.3 Å². The molecular formula is C66H57BN2O9. The van der Waals surface area contributed by atoms with Crippen molar-refractivity contribution in [2.45, 2.75) is 32.1 Å². The first kappa shape index (κ1) is 53.6. The summed E-state index contributed by atoms with van der Waals surface area (Å²) in [6.07, 6.45) is 4.74. The number of esters is 2. The van der Waals surface area contributed by atoms with Crippen LogP contribution in [-0.4, -0.2) is 39.1 Å². The van der Waals surface area contributed by atoms with Crippen molar-refractivity contribution in [2.75, 3.05) is 19.8 Å². The third kappa shape index (κ3) is 12.4. The number of carbonyl (C=O) groups excluding carboxylic acids is 2. The second-order valence-electron chi connectivity index (χ2n) is 18.0. The number of carbonyl (C=O) groups is 2. The van der Waals surface area contributed by atoms with E-state index < -0.39 is 19.3 Å². The summed E-state index contributed by atoms with van der Waals surface area (Å²) in [6, 6.07) is 77.4. The van der Waals surface area contributed by atoms with E-state index in [4.69, 9.17) is 23.8 Å². The standard InChI is InChI=1S/C22H21BO3.2C22H18NO3/c24-23(25)26-18-10-17-22(19-11-4-1-5-12-19,20-13-6-2-7-14-20)21-15-8-3-9-16-21;2*1-2-25-23-14-8-7-13-20(23)22(24)26-21-18-11-5-3-9-16(18)15-17-10-4-6-12-19(17)21/h1-9,11-16H,10,17-18H2;2*3-15H,2H2,1H3/q-2;2*+1. The number of fused-ring (bicyclic) bond motifs is 4. The lowest BCUT2D eigenvalue weighted by molar-refractivity contribution is -0.892. The zero-order valence-corrected chi connectivity index (χ0v) is 43.4. The molecule has 11 aromatic rings. The molecular weight excluding hydrogens is 976 g/mol. The van der Waals surface area contributed by atoms with Crippen LogP contribution in [0.1, 0.15) is 64.4 Å². The molecule has 0 aliphatic rings. The Labute approximate surface area is 453 Å². The van der Waals surface area contributed by atoms with Crippen LogP contribution in [0, 0.1) is 0 Å². The maximum Gasteiger partial charge on any atom is 0.414 e. The van der Waals surface area contributed by atoms with Crippen molar-refractivity contribution < 1.29 is 52.9 Å². The van der Waals surface area contributed by atoms with E-state index in [0.29, 0.717) is 42.5 Å². The fourth-order valence-corrected chi connectivity index (χ4v) is 9.75. The van der Waals surface area contributed by atoms with Gasteiger partial charge >= 0.3 is 23.3 Å². The van der Waals surface area contributed by atoms with Crippen LogP contribution in [0.5, 0.6) is 11.5 Å². The van der Waals surface area contributed by atoms with Gasteiger partial charge in [-0.1, -0.05) is 188 Å². The Balaban J connectivity index is 0.000000142. The van der Waals surface area contributed by atoms with Gasteiger partial charge in [-0.2, -0.15) is 0 Å². The van der Waals surface area contributed by atoms with E-state index >= 15 is 0 Å². The molecule has 0 saturated heterocycles. The third-order valence-electron chi connectivity index (χ3n) is 13.2. The van der Waals surface area contributed by atoms with Crippen molar-refractivity contribution in [2.24, 2.45) is 0 Å². The highest BCUT2D eigenvalue weighted by Crippen LogP contribution is 2.43. The maximum atomic E-state index is 12.9. The minimum Gasteiger partial charge on any atom is -0.871 e. The van der Waals surface area contributed by atoms with E-state index in [0.717, 1.165) is 49.5 Å². The van der Waals surface area contributed by atoms with Crippen molar-refractivity contribution in [3.63, 3.8) is 0 Å². The molecule has 12 heteroatoms. The van der Waals surface area contributed by atoms with Crippen molar-refractivity contribution in [3.05, 3.63) is 277 Å². The Kier molecular flexibility index (Phi) is 17.9. The zero-order chi connectivity index (χ0) is 54.1. The van der Waals surface area contributed by atoms with Gasteiger partial charge in [0.05, 0.1) is 7.32 Å². The third-order valence-corrected chi connectivity index (χ3v) is 13.2. The van der Waals surface area contributed by atoms with Gasteiger partial charge in [0, 0.05) is 67.3 Å². The van der Waals surface area contributed by atoms with Crippen LogP contribution in [0.2, 0.25) is 0 Å². The van der Waals surface area contributed by atoms with Crippen molar-refractivity contribution in [1.82, 2.24) is 0 Å². The Morgan fingerprint density at radius 2 is 0.756 bits per heavy atom. The molecule has 78 heavy (non-hydrogen) atoms. The maximum absolute atomic E-state index is 12.9. The topological polar surface area (TPSA) is 134 Å². The number of hydrogen-bond donors (Lipinski definition) is 0. The summed E-state index contributed by atoms with van der Waals surface area (Å²) in [6.45, 7) is 4.80. The fraction of sp³-hybridized carbons (Fsp3) is 0.121. The van der Waals surface area contributed by atoms with Crippen LogP contribution in [0.3, 0.4) is 0 Å². The second kappa shape index (κ2) is 26.0. The number of nitrogens with zero attached hydrogens (tertiary/aromatic N) is 2. The molecule has 0 unspecified atom stereocenters. The predicted octanol–water partition coefficient (Wildman–Crippen LogP) is 10.4. The number of hydrogen-bond acceptors (Lipinski definition) is 9. The van der Waals surface area contributed by atoms with E-state index in [-0.39, 0.29) is 12.0 Å². The number of pyridine rings is 2. The molecule has 11 nitrogen and oxygen atoms in total. The van der Waals surface area contributed by atoms with Gasteiger partial charge in [0.2, 0.25) is 12.4 Å². The average Bonchev–Trinajstić information content (AvgIpc) is 3.53. The summed E-state index contributed by atoms with van der Waals surface area (Å²) >= 11 is 0. The second-order valence-corrected chi connectivity index (χ2v) is 18.0. The Hall–Kier alpha value is -9.20. The normalized spacial score (nSPS) is 11.0. The molecule has 2 heterocycles. The van der Waals surface area contributed by atoms with Gasteiger partial charge < -0.3 is 24.2 Å². The number of ether oxygens (including phenoxy) is 2. The summed E-state index contributed by atoms with van der Waals surface area (Å²) < 4.78 is 19.4. The molecule has 0 radical (unpaired) electrons. The molecule has 0 atom stereocenters. The summed E-state index contributed by atoms with van der Waals surface area (Å²) in [5, 5.41) is 29.1. The predicted molar refractivity (Wildman–Crippen MR) is 300 cm³/mol. The highest BCUT2D eigenvalue weighted by atomic mass is 16.7. The highest BCUT2D eigenvalue weighted by Gasteiger charge is 2.35. The molecule has 9 aromatic carbocycles. The SMILES string of the molecule is CCO[n+]1ccccc1C(=O)Oc1c2ccccc2cc2ccccc12.CCO[n+]1ccccc1C(=O)Oc1c2ccccc2cc2ccccc12.[O-]B([O-])OCCCC(c1ccccc1)(c1ccccc1)c1ccccc1. The smallest absolute Gasteiger partial charge is 0.414 e. The van der Waals surface area contributed by atoms with E-state index in [2.05, 4.69) is 48.5 Å². The minimum atomic E-state index is -2.23.